The third-order valence-corrected chi connectivity index (χ3v) is 3.31. The number of rotatable bonds is 4. The van der Waals surface area contributed by atoms with Crippen molar-refractivity contribution >= 4 is 31.8 Å². The Hall–Kier alpha value is -0.870. The van der Waals surface area contributed by atoms with E-state index in [2.05, 4.69) is 15.9 Å². The maximum Gasteiger partial charge on any atom is 0.402 e. The van der Waals surface area contributed by atoms with Gasteiger partial charge in [-0.05, 0) is 34.1 Å². The topological polar surface area (TPSA) is 58.2 Å². The predicted molar refractivity (Wildman–Crippen MR) is 60.7 cm³/mol. The van der Waals surface area contributed by atoms with Gasteiger partial charge < -0.3 is 0 Å². The van der Waals surface area contributed by atoms with Gasteiger partial charge in [0.2, 0.25) is 0 Å². The zero-order chi connectivity index (χ0) is 14.0. The first-order valence-corrected chi connectivity index (χ1v) is 6.66. The molecule has 0 atom stereocenters. The van der Waals surface area contributed by atoms with Crippen LogP contribution in [0.2, 0.25) is 0 Å². The predicted octanol–water partition coefficient (Wildman–Crippen LogP) is 2.40. The Kier molecular flexibility index (Phi) is 4.56. The van der Waals surface area contributed by atoms with Crippen molar-refractivity contribution in [3.05, 3.63) is 28.5 Å². The van der Waals surface area contributed by atoms with Crippen LogP contribution in [0, 0.1) is 5.82 Å². The van der Waals surface area contributed by atoms with Crippen molar-refractivity contribution in [2.45, 2.75) is 6.18 Å². The molecule has 0 aromatic heterocycles. The largest absolute Gasteiger partial charge is 0.402 e. The molecule has 0 unspecified atom stereocenters. The molecule has 0 amide bonds. The smallest absolute Gasteiger partial charge is 0.271 e. The number of hydrogen-bond acceptors (Lipinski definition) is 2. The number of anilines is 1. The summed E-state index contributed by atoms with van der Waals surface area (Å²) in [5, 5.41) is 0. The molecule has 1 aromatic carbocycles. The van der Waals surface area contributed by atoms with Crippen LogP contribution in [0.3, 0.4) is 0 Å². The van der Waals surface area contributed by atoms with Crippen LogP contribution in [0.25, 0.3) is 0 Å². The van der Waals surface area contributed by atoms with Crippen LogP contribution in [-0.2, 0) is 10.2 Å². The summed E-state index contributed by atoms with van der Waals surface area (Å²) in [6, 6.07) is 3.24. The van der Waals surface area contributed by atoms with Crippen LogP contribution in [0.15, 0.2) is 22.7 Å². The highest BCUT2D eigenvalue weighted by atomic mass is 79.9. The highest BCUT2D eigenvalue weighted by molar-refractivity contribution is 9.10. The standard InChI is InChI=1S/C8H7BrF4N2O2S/c9-6-2-1-5(3-7(6)10)15-18(16,17)14-4-8(11,12)13/h1-3,14-15H,4H2. The fourth-order valence-corrected chi connectivity index (χ4v) is 2.04. The Morgan fingerprint density at radius 2 is 1.89 bits per heavy atom. The summed E-state index contributed by atoms with van der Waals surface area (Å²) in [5.41, 5.74) is -0.189. The molecule has 1 rings (SSSR count). The minimum absolute atomic E-state index is 0.105. The van der Waals surface area contributed by atoms with Crippen molar-refractivity contribution < 1.29 is 26.0 Å². The molecule has 0 aliphatic carbocycles. The highest BCUT2D eigenvalue weighted by Crippen LogP contribution is 2.20. The summed E-state index contributed by atoms with van der Waals surface area (Å²) >= 11 is 2.85. The minimum Gasteiger partial charge on any atom is -0.271 e. The summed E-state index contributed by atoms with van der Waals surface area (Å²) in [6.07, 6.45) is -4.67. The molecular formula is C8H7BrF4N2O2S. The van der Waals surface area contributed by atoms with Crippen molar-refractivity contribution in [2.75, 3.05) is 11.3 Å². The number of hydrogen-bond donors (Lipinski definition) is 2. The molecule has 0 fully saturated rings. The van der Waals surface area contributed by atoms with Gasteiger partial charge >= 0.3 is 6.18 Å². The van der Waals surface area contributed by atoms with Crippen LogP contribution in [0.4, 0.5) is 23.2 Å². The van der Waals surface area contributed by atoms with E-state index in [1.807, 2.05) is 0 Å². The fourth-order valence-electron chi connectivity index (χ4n) is 0.928. The zero-order valence-corrected chi connectivity index (χ0v) is 11.0. The van der Waals surface area contributed by atoms with Gasteiger partial charge in [-0.1, -0.05) is 0 Å². The molecule has 1 aromatic rings. The van der Waals surface area contributed by atoms with E-state index < -0.39 is 28.7 Å². The number of halogens is 5. The summed E-state index contributed by atoms with van der Waals surface area (Å²) in [5.74, 6) is -0.744. The van der Waals surface area contributed by atoms with Gasteiger partial charge in [0.05, 0.1) is 10.2 Å². The zero-order valence-electron chi connectivity index (χ0n) is 8.55. The summed E-state index contributed by atoms with van der Waals surface area (Å²) < 4.78 is 74.0. The summed E-state index contributed by atoms with van der Waals surface area (Å²) in [6.45, 7) is -1.71. The van der Waals surface area contributed by atoms with Gasteiger partial charge in [0.1, 0.15) is 12.4 Å². The lowest BCUT2D eigenvalue weighted by atomic mass is 10.3. The Balaban J connectivity index is 2.74. The first kappa shape index (κ1) is 15.2. The molecule has 0 radical (unpaired) electrons. The molecule has 102 valence electrons. The SMILES string of the molecule is O=S(=O)(NCC(F)(F)F)Nc1ccc(Br)c(F)c1. The third kappa shape index (κ3) is 5.19. The quantitative estimate of drug-likeness (QED) is 0.819. The molecule has 0 saturated heterocycles. The second-order valence-electron chi connectivity index (χ2n) is 3.17. The van der Waals surface area contributed by atoms with E-state index >= 15 is 0 Å². The number of alkyl halides is 3. The van der Waals surface area contributed by atoms with Crippen molar-refractivity contribution in [3.63, 3.8) is 0 Å². The maximum atomic E-state index is 13.0. The van der Waals surface area contributed by atoms with E-state index in [1.54, 1.807) is 4.72 Å². The van der Waals surface area contributed by atoms with E-state index in [-0.39, 0.29) is 10.2 Å². The minimum atomic E-state index is -4.67. The van der Waals surface area contributed by atoms with Crippen LogP contribution in [0.5, 0.6) is 0 Å². The van der Waals surface area contributed by atoms with Gasteiger partial charge in [-0.25, -0.2) is 4.39 Å². The average molecular weight is 351 g/mol. The highest BCUT2D eigenvalue weighted by Gasteiger charge is 2.29. The molecule has 0 heterocycles. The van der Waals surface area contributed by atoms with Crippen molar-refractivity contribution in [3.8, 4) is 0 Å². The molecule has 0 aliphatic heterocycles. The number of nitrogens with one attached hydrogen (secondary N) is 2. The molecule has 0 bridgehead atoms. The summed E-state index contributed by atoms with van der Waals surface area (Å²) in [7, 11) is -4.40. The molecule has 4 nitrogen and oxygen atoms in total. The van der Waals surface area contributed by atoms with Crippen LogP contribution >= 0.6 is 15.9 Å². The van der Waals surface area contributed by atoms with E-state index in [4.69, 9.17) is 0 Å². The maximum absolute atomic E-state index is 13.0. The summed E-state index contributed by atoms with van der Waals surface area (Å²) in [4.78, 5) is 0. The van der Waals surface area contributed by atoms with Gasteiger partial charge in [0.25, 0.3) is 10.2 Å². The first-order valence-electron chi connectivity index (χ1n) is 4.38. The second-order valence-corrected chi connectivity index (χ2v) is 5.52. The van der Waals surface area contributed by atoms with Gasteiger partial charge in [0, 0.05) is 0 Å². The van der Waals surface area contributed by atoms with Crippen LogP contribution < -0.4 is 9.44 Å². The van der Waals surface area contributed by atoms with Crippen molar-refractivity contribution in [1.82, 2.24) is 4.72 Å². The van der Waals surface area contributed by atoms with Gasteiger partial charge in [-0.3, -0.25) is 4.72 Å². The normalized spacial score (nSPS) is 12.5. The van der Waals surface area contributed by atoms with E-state index in [0.717, 1.165) is 6.07 Å². The third-order valence-electron chi connectivity index (χ3n) is 1.63. The van der Waals surface area contributed by atoms with E-state index in [9.17, 15) is 26.0 Å². The Labute approximate surface area is 109 Å². The lowest BCUT2D eigenvalue weighted by Gasteiger charge is -2.11. The second kappa shape index (κ2) is 5.41. The van der Waals surface area contributed by atoms with Gasteiger partial charge in [-0.15, -0.1) is 0 Å². The van der Waals surface area contributed by atoms with Gasteiger partial charge in [0.15, 0.2) is 0 Å². The lowest BCUT2D eigenvalue weighted by Crippen LogP contribution is -2.37. The van der Waals surface area contributed by atoms with Crippen molar-refractivity contribution in [2.24, 2.45) is 0 Å². The Morgan fingerprint density at radius 3 is 2.39 bits per heavy atom. The van der Waals surface area contributed by atoms with E-state index in [0.29, 0.717) is 0 Å². The molecular weight excluding hydrogens is 344 g/mol. The van der Waals surface area contributed by atoms with Gasteiger partial charge in [-0.2, -0.15) is 26.3 Å². The van der Waals surface area contributed by atoms with E-state index in [1.165, 1.54) is 16.9 Å². The molecule has 0 saturated carbocycles. The molecule has 0 aliphatic rings. The van der Waals surface area contributed by atoms with Crippen molar-refractivity contribution in [1.29, 1.82) is 0 Å². The average Bonchev–Trinajstić information content (AvgIpc) is 2.20. The molecule has 10 heteroatoms. The Bertz CT molecular complexity index is 532. The molecule has 0 spiro atoms. The van der Waals surface area contributed by atoms with Crippen LogP contribution in [0.1, 0.15) is 0 Å². The Morgan fingerprint density at radius 1 is 1.28 bits per heavy atom. The fraction of sp³-hybridized carbons (Fsp3) is 0.250. The number of benzene rings is 1. The molecule has 18 heavy (non-hydrogen) atoms. The van der Waals surface area contributed by atoms with Crippen LogP contribution in [-0.4, -0.2) is 21.1 Å². The monoisotopic (exact) mass is 350 g/mol. The molecule has 2 N–H and O–H groups in total. The lowest BCUT2D eigenvalue weighted by molar-refractivity contribution is -0.121. The first-order chi connectivity index (χ1) is 8.09.